The minimum absolute atomic E-state index is 0.0159. The number of amides is 1. The Bertz CT molecular complexity index is 1750. The summed E-state index contributed by atoms with van der Waals surface area (Å²) in [5, 5.41) is 31.3. The molecule has 0 aliphatic rings. The molecule has 2 aromatic carbocycles. The van der Waals surface area contributed by atoms with Gasteiger partial charge in [-0.3, -0.25) is 4.79 Å². The van der Waals surface area contributed by atoms with Crippen LogP contribution in [0.25, 0.3) is 28.2 Å². The maximum Gasteiger partial charge on any atom is 0.251 e. The molecule has 4 N–H and O–H groups in total. The Morgan fingerprint density at radius 3 is 2.60 bits per heavy atom. The molecule has 0 spiro atoms. The third-order valence-electron chi connectivity index (χ3n) is 7.34. The molecule has 0 saturated carbocycles. The molecule has 0 atom stereocenters. The van der Waals surface area contributed by atoms with Gasteiger partial charge in [0.05, 0.1) is 11.4 Å². The van der Waals surface area contributed by atoms with E-state index in [-0.39, 0.29) is 12.5 Å². The Balaban J connectivity index is 1.55. The van der Waals surface area contributed by atoms with Gasteiger partial charge in [-0.1, -0.05) is 30.3 Å². The number of imidazole rings is 1. The Morgan fingerprint density at radius 2 is 1.88 bits per heavy atom. The highest BCUT2D eigenvalue weighted by atomic mass is 16.3. The Labute approximate surface area is 245 Å². The number of nitrogens with one attached hydrogen (secondary N) is 2. The number of fused-ring (bicyclic) bond motifs is 1. The van der Waals surface area contributed by atoms with E-state index >= 15 is 0 Å². The number of anilines is 1. The fraction of sp³-hybridized carbons (Fsp3) is 0.312. The molecule has 5 rings (SSSR count). The van der Waals surface area contributed by atoms with Gasteiger partial charge in [0.15, 0.2) is 5.65 Å². The van der Waals surface area contributed by atoms with Crippen molar-refractivity contribution in [1.29, 1.82) is 0 Å². The number of carbonyl (C=O) groups is 1. The third kappa shape index (κ3) is 5.77. The highest BCUT2D eigenvalue weighted by Gasteiger charge is 2.25. The van der Waals surface area contributed by atoms with Crippen LogP contribution in [0.1, 0.15) is 53.1 Å². The van der Waals surface area contributed by atoms with Crippen molar-refractivity contribution in [3.63, 3.8) is 0 Å². The van der Waals surface area contributed by atoms with Crippen molar-refractivity contribution >= 4 is 17.4 Å². The molecule has 0 saturated heterocycles. The lowest BCUT2D eigenvalue weighted by Crippen LogP contribution is -2.25. The van der Waals surface area contributed by atoms with Crippen LogP contribution in [0.4, 0.5) is 5.82 Å². The minimum Gasteiger partial charge on any atom is -0.396 e. The smallest absolute Gasteiger partial charge is 0.251 e. The van der Waals surface area contributed by atoms with Crippen molar-refractivity contribution in [3.05, 3.63) is 89.0 Å². The molecule has 0 fully saturated rings. The topological polar surface area (TPSA) is 130 Å². The lowest BCUT2D eigenvalue weighted by molar-refractivity contribution is 0.0740. The zero-order chi connectivity index (χ0) is 30.0. The first-order valence-corrected chi connectivity index (χ1v) is 14.0. The molecule has 218 valence electrons. The molecule has 3 heterocycles. The van der Waals surface area contributed by atoms with Crippen LogP contribution in [-0.4, -0.2) is 53.4 Å². The fourth-order valence-electron chi connectivity index (χ4n) is 5.06. The number of aliphatic hydroxyl groups is 2. The predicted molar refractivity (Wildman–Crippen MR) is 163 cm³/mol. The number of hydrogen-bond donors (Lipinski definition) is 4. The van der Waals surface area contributed by atoms with Crippen LogP contribution < -0.4 is 10.6 Å². The van der Waals surface area contributed by atoms with Crippen LogP contribution in [0.2, 0.25) is 0 Å². The lowest BCUT2D eigenvalue weighted by atomic mass is 9.96. The molecule has 3 aromatic heterocycles. The minimum atomic E-state index is -1.20. The van der Waals surface area contributed by atoms with E-state index < -0.39 is 5.60 Å². The molecule has 1 amide bonds. The van der Waals surface area contributed by atoms with Crippen molar-refractivity contribution < 1.29 is 15.0 Å². The summed E-state index contributed by atoms with van der Waals surface area (Å²) >= 11 is 0. The summed E-state index contributed by atoms with van der Waals surface area (Å²) in [6.07, 6.45) is 4.19. The average Bonchev–Trinajstić information content (AvgIpc) is 3.53. The molecule has 0 radical (unpaired) electrons. The monoisotopic (exact) mass is 567 g/mol. The van der Waals surface area contributed by atoms with Crippen molar-refractivity contribution in [3.8, 4) is 22.5 Å². The first kappa shape index (κ1) is 29.0. The van der Waals surface area contributed by atoms with E-state index in [4.69, 9.17) is 15.2 Å². The van der Waals surface area contributed by atoms with E-state index in [1.807, 2.05) is 62.0 Å². The summed E-state index contributed by atoms with van der Waals surface area (Å²) in [6, 6.07) is 15.6. The SMILES string of the molecule is Cc1nn2c(NCc3cccc(-c4nccn4C)c3)cc(C(C)(C)O)nc2c1-c1cccc(C(=O)NCCCO)c1C. The third-order valence-corrected chi connectivity index (χ3v) is 7.34. The Hall–Kier alpha value is -4.54. The molecule has 0 unspecified atom stereocenters. The number of aliphatic hydroxyl groups excluding tert-OH is 1. The zero-order valence-electron chi connectivity index (χ0n) is 24.6. The van der Waals surface area contributed by atoms with Gasteiger partial charge in [-0.2, -0.15) is 9.61 Å². The number of rotatable bonds is 10. The Kier molecular flexibility index (Phi) is 8.11. The van der Waals surface area contributed by atoms with Crippen LogP contribution >= 0.6 is 0 Å². The molecular weight excluding hydrogens is 530 g/mol. The van der Waals surface area contributed by atoms with Crippen LogP contribution in [0.3, 0.4) is 0 Å². The van der Waals surface area contributed by atoms with Crippen molar-refractivity contribution in [2.24, 2.45) is 7.05 Å². The second-order valence-corrected chi connectivity index (χ2v) is 11.0. The molecule has 10 heteroatoms. The van der Waals surface area contributed by atoms with E-state index in [0.29, 0.717) is 42.2 Å². The van der Waals surface area contributed by atoms with Crippen molar-refractivity contribution in [2.45, 2.75) is 46.3 Å². The van der Waals surface area contributed by atoms with Gasteiger partial charge in [0.25, 0.3) is 5.91 Å². The Morgan fingerprint density at radius 1 is 1.10 bits per heavy atom. The van der Waals surface area contributed by atoms with Gasteiger partial charge in [-0.15, -0.1) is 0 Å². The summed E-state index contributed by atoms with van der Waals surface area (Å²) in [6.45, 7) is 8.16. The number of aromatic nitrogens is 5. The summed E-state index contributed by atoms with van der Waals surface area (Å²) in [5.41, 5.74) is 5.69. The fourth-order valence-corrected chi connectivity index (χ4v) is 5.06. The summed E-state index contributed by atoms with van der Waals surface area (Å²) < 4.78 is 3.74. The molecule has 0 aliphatic heterocycles. The van der Waals surface area contributed by atoms with Gasteiger partial charge in [-0.05, 0) is 62.9 Å². The van der Waals surface area contributed by atoms with Gasteiger partial charge >= 0.3 is 0 Å². The van der Waals surface area contributed by atoms with E-state index in [1.54, 1.807) is 30.6 Å². The lowest BCUT2D eigenvalue weighted by Gasteiger charge is -2.19. The summed E-state index contributed by atoms with van der Waals surface area (Å²) in [4.78, 5) is 22.2. The van der Waals surface area contributed by atoms with Crippen molar-refractivity contribution in [2.75, 3.05) is 18.5 Å². The van der Waals surface area contributed by atoms with Gasteiger partial charge in [0.1, 0.15) is 17.2 Å². The highest BCUT2D eigenvalue weighted by Crippen LogP contribution is 2.34. The van der Waals surface area contributed by atoms with Crippen LogP contribution in [0, 0.1) is 13.8 Å². The largest absolute Gasteiger partial charge is 0.396 e. The van der Waals surface area contributed by atoms with E-state index in [0.717, 1.165) is 39.3 Å². The molecule has 0 bridgehead atoms. The van der Waals surface area contributed by atoms with E-state index in [9.17, 15) is 9.90 Å². The normalized spacial score (nSPS) is 11.7. The number of carbonyl (C=O) groups excluding carboxylic acids is 1. The molecule has 10 nitrogen and oxygen atoms in total. The maximum atomic E-state index is 12.9. The number of benzene rings is 2. The van der Waals surface area contributed by atoms with Crippen LogP contribution in [-0.2, 0) is 19.2 Å². The first-order valence-electron chi connectivity index (χ1n) is 14.0. The standard InChI is InChI=1S/C32H37N7O3/c1-20-24(11-7-12-25(20)31(41)34-13-8-16-40)28-21(2)37-39-27(18-26(32(3,4)42)36-30(28)39)35-19-22-9-6-10-23(17-22)29-33-14-15-38(29)5/h6-7,9-12,14-15,17-18,35,40,42H,8,13,16,19H2,1-5H3,(H,34,41). The molecule has 0 aliphatic carbocycles. The summed E-state index contributed by atoms with van der Waals surface area (Å²) in [7, 11) is 1.97. The summed E-state index contributed by atoms with van der Waals surface area (Å²) in [5.74, 6) is 1.38. The first-order chi connectivity index (χ1) is 20.1. The van der Waals surface area contributed by atoms with Crippen molar-refractivity contribution in [1.82, 2.24) is 29.5 Å². The highest BCUT2D eigenvalue weighted by molar-refractivity contribution is 5.98. The molecular formula is C32H37N7O3. The molecule has 5 aromatic rings. The van der Waals surface area contributed by atoms with E-state index in [2.05, 4.69) is 27.8 Å². The number of aryl methyl sites for hydroxylation is 2. The second kappa shape index (κ2) is 11.8. The van der Waals surface area contributed by atoms with Gasteiger partial charge in [-0.25, -0.2) is 9.97 Å². The van der Waals surface area contributed by atoms with Gasteiger partial charge in [0.2, 0.25) is 0 Å². The average molecular weight is 568 g/mol. The second-order valence-electron chi connectivity index (χ2n) is 11.0. The van der Waals surface area contributed by atoms with Gasteiger partial charge in [0, 0.05) is 61.9 Å². The number of hydrogen-bond acceptors (Lipinski definition) is 7. The quantitative estimate of drug-likeness (QED) is 0.185. The van der Waals surface area contributed by atoms with Gasteiger partial charge < -0.3 is 25.4 Å². The maximum absolute atomic E-state index is 12.9. The molecule has 42 heavy (non-hydrogen) atoms. The van der Waals surface area contributed by atoms with E-state index in [1.165, 1.54) is 0 Å². The van der Waals surface area contributed by atoms with Crippen LogP contribution in [0.5, 0.6) is 0 Å². The zero-order valence-corrected chi connectivity index (χ0v) is 24.6. The number of nitrogens with zero attached hydrogens (tertiary/aromatic N) is 5. The van der Waals surface area contributed by atoms with Crippen LogP contribution in [0.15, 0.2) is 60.9 Å². The predicted octanol–water partition coefficient (Wildman–Crippen LogP) is 4.37.